The van der Waals surface area contributed by atoms with Crippen molar-refractivity contribution in [3.63, 3.8) is 0 Å². The highest BCUT2D eigenvalue weighted by Crippen LogP contribution is 2.18. The van der Waals surface area contributed by atoms with E-state index in [1.807, 2.05) is 24.3 Å². The number of benzene rings is 2. The van der Waals surface area contributed by atoms with Gasteiger partial charge in [0.2, 0.25) is 0 Å². The molecule has 0 spiro atoms. The SMILES string of the molecule is CC(Oc1ccccc1C#N)C(=O)Nc1ccccc1. The maximum atomic E-state index is 12.0. The van der Waals surface area contributed by atoms with Crippen molar-refractivity contribution in [1.29, 1.82) is 5.26 Å². The standard InChI is InChI=1S/C16H14N2O2/c1-12(16(19)18-14-8-3-2-4-9-14)20-15-10-6-5-7-13(15)11-17/h2-10,12H,1H3,(H,18,19). The lowest BCUT2D eigenvalue weighted by Gasteiger charge is -2.15. The van der Waals surface area contributed by atoms with Crippen LogP contribution in [0, 0.1) is 11.3 Å². The molecule has 0 bridgehead atoms. The fourth-order valence-electron chi connectivity index (χ4n) is 1.67. The Bertz CT molecular complexity index is 632. The Morgan fingerprint density at radius 3 is 2.50 bits per heavy atom. The van der Waals surface area contributed by atoms with Crippen molar-refractivity contribution < 1.29 is 9.53 Å². The second kappa shape index (κ2) is 6.39. The molecular formula is C16H14N2O2. The van der Waals surface area contributed by atoms with Crippen LogP contribution >= 0.6 is 0 Å². The highest BCUT2D eigenvalue weighted by atomic mass is 16.5. The molecule has 0 aliphatic heterocycles. The average Bonchev–Trinajstić information content (AvgIpc) is 2.48. The molecular weight excluding hydrogens is 252 g/mol. The maximum absolute atomic E-state index is 12.0. The number of hydrogen-bond donors (Lipinski definition) is 1. The number of nitriles is 1. The molecule has 2 rings (SSSR count). The van der Waals surface area contributed by atoms with Crippen molar-refractivity contribution in [1.82, 2.24) is 0 Å². The molecule has 1 unspecified atom stereocenters. The van der Waals surface area contributed by atoms with E-state index in [-0.39, 0.29) is 5.91 Å². The highest BCUT2D eigenvalue weighted by Gasteiger charge is 2.16. The molecule has 0 aliphatic rings. The lowest BCUT2D eigenvalue weighted by molar-refractivity contribution is -0.122. The molecule has 20 heavy (non-hydrogen) atoms. The largest absolute Gasteiger partial charge is 0.480 e. The Morgan fingerprint density at radius 1 is 1.15 bits per heavy atom. The minimum Gasteiger partial charge on any atom is -0.480 e. The van der Waals surface area contributed by atoms with Gasteiger partial charge >= 0.3 is 0 Å². The van der Waals surface area contributed by atoms with Gasteiger partial charge in [0.05, 0.1) is 5.56 Å². The predicted molar refractivity (Wildman–Crippen MR) is 76.3 cm³/mol. The lowest BCUT2D eigenvalue weighted by Crippen LogP contribution is -2.30. The molecule has 0 saturated carbocycles. The topological polar surface area (TPSA) is 62.1 Å². The summed E-state index contributed by atoms with van der Waals surface area (Å²) in [6.45, 7) is 1.65. The summed E-state index contributed by atoms with van der Waals surface area (Å²) in [7, 11) is 0. The zero-order valence-electron chi connectivity index (χ0n) is 11.0. The van der Waals surface area contributed by atoms with Gasteiger partial charge < -0.3 is 10.1 Å². The number of rotatable bonds is 4. The van der Waals surface area contributed by atoms with E-state index >= 15 is 0 Å². The lowest BCUT2D eigenvalue weighted by atomic mass is 10.2. The Kier molecular flexibility index (Phi) is 4.35. The third kappa shape index (κ3) is 3.36. The predicted octanol–water partition coefficient (Wildman–Crippen LogP) is 2.96. The summed E-state index contributed by atoms with van der Waals surface area (Å²) >= 11 is 0. The molecule has 100 valence electrons. The Morgan fingerprint density at radius 2 is 1.80 bits per heavy atom. The van der Waals surface area contributed by atoms with Gasteiger partial charge in [0.1, 0.15) is 11.8 Å². The van der Waals surface area contributed by atoms with Crippen LogP contribution in [0.5, 0.6) is 5.75 Å². The van der Waals surface area contributed by atoms with Gasteiger partial charge in [0.25, 0.3) is 5.91 Å². The normalized spacial score (nSPS) is 11.2. The summed E-state index contributed by atoms with van der Waals surface area (Å²) < 4.78 is 5.54. The van der Waals surface area contributed by atoms with Gasteiger partial charge in [-0.05, 0) is 31.2 Å². The molecule has 2 aromatic rings. The van der Waals surface area contributed by atoms with Crippen molar-refractivity contribution >= 4 is 11.6 Å². The van der Waals surface area contributed by atoms with Crippen molar-refractivity contribution in [2.45, 2.75) is 13.0 Å². The second-order valence-electron chi connectivity index (χ2n) is 4.22. The number of anilines is 1. The molecule has 0 fully saturated rings. The third-order valence-electron chi connectivity index (χ3n) is 2.72. The molecule has 0 aromatic heterocycles. The number of ether oxygens (including phenoxy) is 1. The Hall–Kier alpha value is -2.80. The van der Waals surface area contributed by atoms with Gasteiger partial charge in [0.15, 0.2) is 6.10 Å². The summed E-state index contributed by atoms with van der Waals surface area (Å²) in [5.41, 5.74) is 1.12. The molecule has 1 N–H and O–H groups in total. The maximum Gasteiger partial charge on any atom is 0.265 e. The fraction of sp³-hybridized carbons (Fsp3) is 0.125. The van der Waals surface area contributed by atoms with Crippen LogP contribution in [0.15, 0.2) is 54.6 Å². The molecule has 4 nitrogen and oxygen atoms in total. The first-order chi connectivity index (χ1) is 9.70. The smallest absolute Gasteiger partial charge is 0.265 e. The van der Waals surface area contributed by atoms with E-state index in [9.17, 15) is 4.79 Å². The van der Waals surface area contributed by atoms with Gasteiger partial charge in [-0.15, -0.1) is 0 Å². The van der Waals surface area contributed by atoms with Crippen molar-refractivity contribution in [3.8, 4) is 11.8 Å². The summed E-state index contributed by atoms with van der Waals surface area (Å²) in [4.78, 5) is 12.0. The number of nitrogens with zero attached hydrogens (tertiary/aromatic N) is 1. The van der Waals surface area contributed by atoms with E-state index in [0.717, 1.165) is 0 Å². The van der Waals surface area contributed by atoms with Crippen LogP contribution in [0.3, 0.4) is 0 Å². The summed E-state index contributed by atoms with van der Waals surface area (Å²) in [6.07, 6.45) is -0.690. The van der Waals surface area contributed by atoms with Crippen molar-refractivity contribution in [2.75, 3.05) is 5.32 Å². The van der Waals surface area contributed by atoms with Gasteiger partial charge in [-0.1, -0.05) is 30.3 Å². The molecule has 2 aromatic carbocycles. The number of amides is 1. The first-order valence-electron chi connectivity index (χ1n) is 6.22. The molecule has 4 heteroatoms. The second-order valence-corrected chi connectivity index (χ2v) is 4.22. The number of nitrogens with one attached hydrogen (secondary N) is 1. The quantitative estimate of drug-likeness (QED) is 0.925. The van der Waals surface area contributed by atoms with E-state index in [4.69, 9.17) is 10.00 Å². The molecule has 0 aliphatic carbocycles. The van der Waals surface area contributed by atoms with Crippen molar-refractivity contribution in [3.05, 3.63) is 60.2 Å². The van der Waals surface area contributed by atoms with Gasteiger partial charge in [-0.25, -0.2) is 0 Å². The average molecular weight is 266 g/mol. The molecule has 0 radical (unpaired) electrons. The van der Waals surface area contributed by atoms with Crippen LogP contribution in [-0.2, 0) is 4.79 Å². The first-order valence-corrected chi connectivity index (χ1v) is 6.22. The fourth-order valence-corrected chi connectivity index (χ4v) is 1.67. The summed E-state index contributed by atoms with van der Waals surface area (Å²) in [5, 5.41) is 11.7. The zero-order chi connectivity index (χ0) is 14.4. The van der Waals surface area contributed by atoms with Gasteiger partial charge in [-0.3, -0.25) is 4.79 Å². The molecule has 0 heterocycles. The number of carbonyl (C=O) groups excluding carboxylic acids is 1. The van der Waals surface area contributed by atoms with E-state index in [1.54, 1.807) is 43.3 Å². The minimum absolute atomic E-state index is 0.260. The van der Waals surface area contributed by atoms with Crippen LogP contribution in [-0.4, -0.2) is 12.0 Å². The highest BCUT2D eigenvalue weighted by molar-refractivity contribution is 5.94. The monoisotopic (exact) mass is 266 g/mol. The van der Waals surface area contributed by atoms with Crippen LogP contribution < -0.4 is 10.1 Å². The Labute approximate surface area is 117 Å². The zero-order valence-corrected chi connectivity index (χ0v) is 11.0. The van der Waals surface area contributed by atoms with Crippen LogP contribution in [0.2, 0.25) is 0 Å². The van der Waals surface area contributed by atoms with Gasteiger partial charge in [-0.2, -0.15) is 5.26 Å². The van der Waals surface area contributed by atoms with Crippen molar-refractivity contribution in [2.24, 2.45) is 0 Å². The number of para-hydroxylation sites is 2. The molecule has 1 amide bonds. The van der Waals surface area contributed by atoms with E-state index in [1.165, 1.54) is 0 Å². The molecule has 0 saturated heterocycles. The Balaban J connectivity index is 2.03. The van der Waals surface area contributed by atoms with Crippen LogP contribution in [0.1, 0.15) is 12.5 Å². The van der Waals surface area contributed by atoms with E-state index in [2.05, 4.69) is 5.32 Å². The van der Waals surface area contributed by atoms with Gasteiger partial charge in [0, 0.05) is 5.69 Å². The third-order valence-corrected chi connectivity index (χ3v) is 2.72. The molecule has 1 atom stereocenters. The van der Waals surface area contributed by atoms with Crippen LogP contribution in [0.4, 0.5) is 5.69 Å². The summed E-state index contributed by atoms with van der Waals surface area (Å²) in [6, 6.07) is 18.0. The van der Waals surface area contributed by atoms with E-state index < -0.39 is 6.10 Å². The first kappa shape index (κ1) is 13.6. The number of hydrogen-bond acceptors (Lipinski definition) is 3. The van der Waals surface area contributed by atoms with Crippen LogP contribution in [0.25, 0.3) is 0 Å². The van der Waals surface area contributed by atoms with E-state index in [0.29, 0.717) is 17.0 Å². The summed E-state index contributed by atoms with van der Waals surface area (Å²) in [5.74, 6) is 0.148. The minimum atomic E-state index is -0.690. The number of carbonyl (C=O) groups is 1.